The molecule has 0 spiro atoms. The summed E-state index contributed by atoms with van der Waals surface area (Å²) in [4.78, 5) is 2.59. The Morgan fingerprint density at radius 1 is 1.25 bits per heavy atom. The highest BCUT2D eigenvalue weighted by Crippen LogP contribution is 2.34. The predicted octanol–water partition coefficient (Wildman–Crippen LogP) is 2.38. The summed E-state index contributed by atoms with van der Waals surface area (Å²) >= 11 is 5.75. The van der Waals surface area contributed by atoms with Gasteiger partial charge in [0.2, 0.25) is 0 Å². The molecule has 0 saturated carbocycles. The van der Waals surface area contributed by atoms with Crippen LogP contribution in [0.5, 0.6) is 0 Å². The molecule has 3 heterocycles. The first kappa shape index (κ1) is 10.6. The van der Waals surface area contributed by atoms with E-state index in [1.54, 1.807) is 0 Å². The van der Waals surface area contributed by atoms with E-state index in [1.807, 2.05) is 0 Å². The monoisotopic (exact) mass is 209 g/mol. The van der Waals surface area contributed by atoms with Gasteiger partial charge in [-0.2, -0.15) is 0 Å². The van der Waals surface area contributed by atoms with Crippen LogP contribution in [-0.2, 0) is 0 Å². The molecule has 0 radical (unpaired) electrons. The molecule has 3 rings (SSSR count). The molecule has 3 heteroatoms. The molecule has 12 heavy (non-hydrogen) atoms. The van der Waals surface area contributed by atoms with Crippen LogP contribution in [0.4, 0.5) is 0 Å². The molecule has 3 aliphatic rings. The van der Waals surface area contributed by atoms with Crippen LogP contribution in [0.3, 0.4) is 0 Å². The van der Waals surface area contributed by atoms with E-state index in [0.29, 0.717) is 0 Å². The summed E-state index contributed by atoms with van der Waals surface area (Å²) in [6.07, 6.45) is 4.10. The smallest absolute Gasteiger partial charge is 0.0226 e. The van der Waals surface area contributed by atoms with Crippen LogP contribution in [0.2, 0.25) is 0 Å². The minimum absolute atomic E-state index is 0. The van der Waals surface area contributed by atoms with Crippen molar-refractivity contribution in [3.63, 3.8) is 0 Å². The van der Waals surface area contributed by atoms with Gasteiger partial charge in [0.05, 0.1) is 0 Å². The van der Waals surface area contributed by atoms with Crippen LogP contribution in [0, 0.1) is 11.8 Å². The third-order valence-electron chi connectivity index (χ3n) is 3.27. The Kier molecular flexibility index (Phi) is 4.15. The van der Waals surface area contributed by atoms with Crippen molar-refractivity contribution in [1.82, 2.24) is 4.90 Å². The van der Waals surface area contributed by atoms with E-state index in [1.165, 1.54) is 38.9 Å². The Labute approximate surface area is 85.9 Å². The van der Waals surface area contributed by atoms with Gasteiger partial charge in [-0.1, -0.05) is 0 Å². The van der Waals surface area contributed by atoms with Gasteiger partial charge < -0.3 is 4.90 Å². The second-order valence-electron chi connectivity index (χ2n) is 3.88. The lowest BCUT2D eigenvalue weighted by atomic mass is 9.78. The number of piperidine rings is 3. The summed E-state index contributed by atoms with van der Waals surface area (Å²) in [6.45, 7) is 4.03. The van der Waals surface area contributed by atoms with E-state index in [-0.39, 0.29) is 12.4 Å². The highest BCUT2D eigenvalue weighted by Gasteiger charge is 2.33. The van der Waals surface area contributed by atoms with Crippen molar-refractivity contribution < 1.29 is 0 Å². The second kappa shape index (κ2) is 4.69. The highest BCUT2D eigenvalue weighted by molar-refractivity contribution is 6.17. The van der Waals surface area contributed by atoms with Crippen molar-refractivity contribution in [3.8, 4) is 0 Å². The summed E-state index contributed by atoms with van der Waals surface area (Å²) in [6, 6.07) is 0. The van der Waals surface area contributed by atoms with Gasteiger partial charge in [0, 0.05) is 12.4 Å². The fourth-order valence-corrected chi connectivity index (χ4v) is 2.84. The maximum atomic E-state index is 5.75. The Hall–Kier alpha value is 0.540. The zero-order valence-electron chi connectivity index (χ0n) is 7.34. The lowest BCUT2D eigenvalue weighted by molar-refractivity contribution is 0.0497. The fourth-order valence-electron chi connectivity index (χ4n) is 2.55. The molecule has 0 unspecified atom stereocenters. The van der Waals surface area contributed by atoms with Gasteiger partial charge in [-0.05, 0) is 44.2 Å². The van der Waals surface area contributed by atoms with E-state index < -0.39 is 0 Å². The van der Waals surface area contributed by atoms with Crippen molar-refractivity contribution in [2.24, 2.45) is 11.8 Å². The summed E-state index contributed by atoms with van der Waals surface area (Å²) in [5.41, 5.74) is 0. The molecule has 3 fully saturated rings. The number of hydrogen-bond acceptors (Lipinski definition) is 1. The van der Waals surface area contributed by atoms with Crippen LogP contribution in [-0.4, -0.2) is 30.4 Å². The van der Waals surface area contributed by atoms with E-state index in [0.717, 1.165) is 17.7 Å². The predicted molar refractivity (Wildman–Crippen MR) is 55.2 cm³/mol. The zero-order valence-corrected chi connectivity index (χ0v) is 8.91. The number of alkyl halides is 1. The second-order valence-corrected chi connectivity index (χ2v) is 4.25. The molecule has 0 aromatic carbocycles. The zero-order chi connectivity index (χ0) is 7.68. The minimum atomic E-state index is 0. The molecule has 0 aliphatic carbocycles. The average molecular weight is 210 g/mol. The summed E-state index contributed by atoms with van der Waals surface area (Å²) in [7, 11) is 0. The highest BCUT2D eigenvalue weighted by atomic mass is 35.5. The molecule has 0 aromatic heterocycles. The Bertz CT molecular complexity index is 132. The standard InChI is InChI=1S/C9H16ClN.ClH/c10-4-1-9-7-11-5-2-8(9)3-6-11;/h8-9H,1-7H2;1H/t9-;/m0./s1. The van der Waals surface area contributed by atoms with Gasteiger partial charge in [0.25, 0.3) is 0 Å². The van der Waals surface area contributed by atoms with Crippen molar-refractivity contribution in [1.29, 1.82) is 0 Å². The van der Waals surface area contributed by atoms with E-state index >= 15 is 0 Å². The van der Waals surface area contributed by atoms with Crippen LogP contribution in [0.25, 0.3) is 0 Å². The largest absolute Gasteiger partial charge is 0.303 e. The van der Waals surface area contributed by atoms with Gasteiger partial charge >= 0.3 is 0 Å². The van der Waals surface area contributed by atoms with Crippen molar-refractivity contribution in [2.45, 2.75) is 19.3 Å². The van der Waals surface area contributed by atoms with Crippen molar-refractivity contribution >= 4 is 24.0 Å². The molecule has 3 saturated heterocycles. The number of fused-ring (bicyclic) bond motifs is 3. The maximum Gasteiger partial charge on any atom is 0.0226 e. The average Bonchev–Trinajstić information content (AvgIpc) is 2.07. The third-order valence-corrected chi connectivity index (χ3v) is 3.49. The Balaban J connectivity index is 0.000000720. The van der Waals surface area contributed by atoms with Gasteiger partial charge in [-0.3, -0.25) is 0 Å². The van der Waals surface area contributed by atoms with Gasteiger partial charge in [-0.25, -0.2) is 0 Å². The van der Waals surface area contributed by atoms with Gasteiger partial charge in [-0.15, -0.1) is 24.0 Å². The minimum Gasteiger partial charge on any atom is -0.303 e. The normalized spacial score (nSPS) is 39.2. The molecule has 0 amide bonds. The molecular formula is C9H17Cl2N. The first-order valence-corrected chi connectivity index (χ1v) is 5.22. The van der Waals surface area contributed by atoms with Gasteiger partial charge in [0.1, 0.15) is 0 Å². The quantitative estimate of drug-likeness (QED) is 0.632. The van der Waals surface area contributed by atoms with E-state index in [2.05, 4.69) is 4.90 Å². The Morgan fingerprint density at radius 3 is 2.33 bits per heavy atom. The lowest BCUT2D eigenvalue weighted by Crippen LogP contribution is -2.47. The number of halogens is 2. The van der Waals surface area contributed by atoms with Crippen molar-refractivity contribution in [3.05, 3.63) is 0 Å². The molecule has 2 bridgehead atoms. The number of rotatable bonds is 2. The number of hydrogen-bond donors (Lipinski definition) is 0. The third kappa shape index (κ3) is 2.07. The summed E-state index contributed by atoms with van der Waals surface area (Å²) < 4.78 is 0. The first-order valence-electron chi connectivity index (χ1n) is 4.68. The van der Waals surface area contributed by atoms with Crippen LogP contribution >= 0.6 is 24.0 Å². The van der Waals surface area contributed by atoms with Gasteiger partial charge in [0.15, 0.2) is 0 Å². The van der Waals surface area contributed by atoms with Crippen LogP contribution in [0.15, 0.2) is 0 Å². The summed E-state index contributed by atoms with van der Waals surface area (Å²) in [5, 5.41) is 0. The Morgan fingerprint density at radius 2 is 1.92 bits per heavy atom. The molecule has 1 atom stereocenters. The molecule has 3 aliphatic heterocycles. The molecule has 0 aromatic rings. The number of nitrogens with zero attached hydrogens (tertiary/aromatic N) is 1. The van der Waals surface area contributed by atoms with Crippen LogP contribution in [0.1, 0.15) is 19.3 Å². The fraction of sp³-hybridized carbons (Fsp3) is 1.00. The first-order chi connectivity index (χ1) is 5.40. The van der Waals surface area contributed by atoms with Crippen LogP contribution < -0.4 is 0 Å². The molecule has 72 valence electrons. The molecular weight excluding hydrogens is 193 g/mol. The maximum absolute atomic E-state index is 5.75. The van der Waals surface area contributed by atoms with E-state index in [4.69, 9.17) is 11.6 Å². The van der Waals surface area contributed by atoms with Crippen molar-refractivity contribution in [2.75, 3.05) is 25.5 Å². The lowest BCUT2D eigenvalue weighted by Gasteiger charge is -2.44. The molecule has 1 nitrogen and oxygen atoms in total. The SMILES string of the molecule is Cl.ClCC[C@H]1CN2CCC1CC2. The molecule has 0 N–H and O–H groups in total. The topological polar surface area (TPSA) is 3.24 Å². The summed E-state index contributed by atoms with van der Waals surface area (Å²) in [5.74, 6) is 2.79. The van der Waals surface area contributed by atoms with E-state index in [9.17, 15) is 0 Å².